The van der Waals surface area contributed by atoms with Crippen molar-refractivity contribution in [3.63, 3.8) is 0 Å². The molecule has 0 aromatic carbocycles. The van der Waals surface area contributed by atoms with Crippen molar-refractivity contribution in [2.45, 2.75) is 25.9 Å². The standard InChI is InChI=1S/2C3H7N/c2*1-3-2-4-3/h2*3-4H,2H2,1H3. The minimum atomic E-state index is 0.833. The lowest BCUT2D eigenvalue weighted by Gasteiger charge is -1.53. The lowest BCUT2D eigenvalue weighted by Crippen LogP contribution is -1.72. The van der Waals surface area contributed by atoms with Gasteiger partial charge in [0.25, 0.3) is 0 Å². The zero-order valence-corrected chi connectivity index (χ0v) is 5.57. The van der Waals surface area contributed by atoms with Gasteiger partial charge in [-0.3, -0.25) is 0 Å². The minimum Gasteiger partial charge on any atom is -0.311 e. The molecule has 2 atom stereocenters. The first kappa shape index (κ1) is 6.05. The van der Waals surface area contributed by atoms with Crippen LogP contribution in [0.25, 0.3) is 0 Å². The van der Waals surface area contributed by atoms with Gasteiger partial charge in [-0.05, 0) is 13.8 Å². The molecular weight excluding hydrogens is 100 g/mol. The van der Waals surface area contributed by atoms with Crippen molar-refractivity contribution in [3.05, 3.63) is 0 Å². The third-order valence-electron chi connectivity index (χ3n) is 1.22. The van der Waals surface area contributed by atoms with Gasteiger partial charge < -0.3 is 10.6 Å². The molecule has 0 radical (unpaired) electrons. The van der Waals surface area contributed by atoms with Gasteiger partial charge in [-0.15, -0.1) is 0 Å². The van der Waals surface area contributed by atoms with Crippen molar-refractivity contribution >= 4 is 0 Å². The van der Waals surface area contributed by atoms with E-state index >= 15 is 0 Å². The first-order valence-electron chi connectivity index (χ1n) is 3.26. The number of hydrogen-bond acceptors (Lipinski definition) is 2. The maximum Gasteiger partial charge on any atom is 0.0164 e. The van der Waals surface area contributed by atoms with Crippen molar-refractivity contribution in [1.29, 1.82) is 0 Å². The highest BCUT2D eigenvalue weighted by Gasteiger charge is 2.10. The number of hydrogen-bond donors (Lipinski definition) is 2. The van der Waals surface area contributed by atoms with Gasteiger partial charge in [-0.1, -0.05) is 0 Å². The second-order valence-electron chi connectivity index (χ2n) is 2.62. The Bertz CT molecular complexity index is 54.9. The normalized spacial score (nSPS) is 39.8. The van der Waals surface area contributed by atoms with E-state index in [4.69, 9.17) is 0 Å². The van der Waals surface area contributed by atoms with Gasteiger partial charge in [0.2, 0.25) is 0 Å². The molecular formula is C6H14N2. The quantitative estimate of drug-likeness (QED) is 0.434. The van der Waals surface area contributed by atoms with Gasteiger partial charge in [-0.25, -0.2) is 0 Å². The highest BCUT2D eigenvalue weighted by Crippen LogP contribution is 1.89. The molecule has 2 rings (SSSR count). The van der Waals surface area contributed by atoms with Crippen LogP contribution in [0.4, 0.5) is 0 Å². The maximum absolute atomic E-state index is 3.10. The zero-order valence-electron chi connectivity index (χ0n) is 5.57. The molecule has 48 valence electrons. The first-order valence-corrected chi connectivity index (χ1v) is 3.26. The molecule has 2 aliphatic rings. The van der Waals surface area contributed by atoms with Crippen LogP contribution in [0.15, 0.2) is 0 Å². The third-order valence-corrected chi connectivity index (χ3v) is 1.22. The second-order valence-corrected chi connectivity index (χ2v) is 2.62. The monoisotopic (exact) mass is 114 g/mol. The summed E-state index contributed by atoms with van der Waals surface area (Å²) in [6.45, 7) is 6.81. The average molecular weight is 114 g/mol. The van der Waals surface area contributed by atoms with Crippen LogP contribution in [0.5, 0.6) is 0 Å². The Morgan fingerprint density at radius 1 is 1.00 bits per heavy atom. The highest BCUT2D eigenvalue weighted by molar-refractivity contribution is 4.76. The first-order chi connectivity index (χ1) is 3.79. The van der Waals surface area contributed by atoms with Gasteiger partial charge in [0, 0.05) is 25.2 Å². The van der Waals surface area contributed by atoms with Crippen molar-refractivity contribution in [1.82, 2.24) is 10.6 Å². The number of nitrogens with one attached hydrogen (secondary N) is 2. The lowest BCUT2D eigenvalue weighted by molar-refractivity contribution is 1.09. The molecule has 0 amide bonds. The average Bonchev–Trinajstić information content (AvgIpc) is 2.47. The Hall–Kier alpha value is -0.0800. The highest BCUT2D eigenvalue weighted by atomic mass is 15.1. The molecule has 0 bridgehead atoms. The summed E-state index contributed by atoms with van der Waals surface area (Å²) in [5.74, 6) is 0. The largest absolute Gasteiger partial charge is 0.311 e. The Balaban J connectivity index is 0.0000000800. The lowest BCUT2D eigenvalue weighted by atomic mass is 10.6. The van der Waals surface area contributed by atoms with Crippen LogP contribution in [-0.4, -0.2) is 25.2 Å². The van der Waals surface area contributed by atoms with Crippen LogP contribution in [0.2, 0.25) is 0 Å². The van der Waals surface area contributed by atoms with Crippen molar-refractivity contribution in [2.75, 3.05) is 13.1 Å². The van der Waals surface area contributed by atoms with Crippen LogP contribution < -0.4 is 10.6 Å². The molecule has 2 nitrogen and oxygen atoms in total. The molecule has 0 spiro atoms. The summed E-state index contributed by atoms with van der Waals surface area (Å²) in [5.41, 5.74) is 0. The SMILES string of the molecule is CC1CN1.CC1CN1. The van der Waals surface area contributed by atoms with E-state index in [-0.39, 0.29) is 0 Å². The molecule has 8 heavy (non-hydrogen) atoms. The van der Waals surface area contributed by atoms with Crippen LogP contribution >= 0.6 is 0 Å². The van der Waals surface area contributed by atoms with Crippen molar-refractivity contribution in [3.8, 4) is 0 Å². The molecule has 0 saturated carbocycles. The predicted molar refractivity (Wildman–Crippen MR) is 34.9 cm³/mol. The number of rotatable bonds is 0. The Kier molecular flexibility index (Phi) is 1.86. The van der Waals surface area contributed by atoms with Gasteiger partial charge in [0.15, 0.2) is 0 Å². The summed E-state index contributed by atoms with van der Waals surface area (Å²) < 4.78 is 0. The summed E-state index contributed by atoms with van der Waals surface area (Å²) in [4.78, 5) is 0. The van der Waals surface area contributed by atoms with Crippen LogP contribution in [-0.2, 0) is 0 Å². The molecule has 0 aromatic heterocycles. The van der Waals surface area contributed by atoms with Crippen LogP contribution in [0, 0.1) is 0 Å². The molecule has 2 fully saturated rings. The Morgan fingerprint density at radius 2 is 1.12 bits per heavy atom. The summed E-state index contributed by atoms with van der Waals surface area (Å²) in [6.07, 6.45) is 0. The summed E-state index contributed by atoms with van der Waals surface area (Å²) in [6, 6.07) is 1.67. The summed E-state index contributed by atoms with van der Waals surface area (Å²) in [7, 11) is 0. The molecule has 2 saturated heterocycles. The van der Waals surface area contributed by atoms with E-state index < -0.39 is 0 Å². The smallest absolute Gasteiger partial charge is 0.0164 e. The van der Waals surface area contributed by atoms with E-state index in [1.54, 1.807) is 0 Å². The van der Waals surface area contributed by atoms with Crippen molar-refractivity contribution in [2.24, 2.45) is 0 Å². The van der Waals surface area contributed by atoms with Gasteiger partial charge in [0.05, 0.1) is 0 Å². The third kappa shape index (κ3) is 4.09. The van der Waals surface area contributed by atoms with Gasteiger partial charge in [-0.2, -0.15) is 0 Å². The minimum absolute atomic E-state index is 0.833. The molecule has 2 heteroatoms. The fraction of sp³-hybridized carbons (Fsp3) is 1.00. The fourth-order valence-electron chi connectivity index (χ4n) is 0.236. The van der Waals surface area contributed by atoms with Gasteiger partial charge in [0.1, 0.15) is 0 Å². The molecule has 2 heterocycles. The van der Waals surface area contributed by atoms with E-state index in [2.05, 4.69) is 24.5 Å². The molecule has 0 aromatic rings. The topological polar surface area (TPSA) is 43.9 Å². The van der Waals surface area contributed by atoms with Gasteiger partial charge >= 0.3 is 0 Å². The second kappa shape index (κ2) is 2.46. The van der Waals surface area contributed by atoms with Crippen LogP contribution in [0.3, 0.4) is 0 Å². The summed E-state index contributed by atoms with van der Waals surface area (Å²) >= 11 is 0. The maximum atomic E-state index is 3.10. The van der Waals surface area contributed by atoms with E-state index in [1.807, 2.05) is 0 Å². The molecule has 2 N–H and O–H groups in total. The van der Waals surface area contributed by atoms with E-state index in [9.17, 15) is 0 Å². The van der Waals surface area contributed by atoms with Crippen LogP contribution in [0.1, 0.15) is 13.8 Å². The van der Waals surface area contributed by atoms with E-state index in [1.165, 1.54) is 13.1 Å². The summed E-state index contributed by atoms with van der Waals surface area (Å²) in [5, 5.41) is 6.19. The van der Waals surface area contributed by atoms with Crippen molar-refractivity contribution < 1.29 is 0 Å². The zero-order chi connectivity index (χ0) is 5.98. The molecule has 2 aliphatic heterocycles. The molecule has 2 unspecified atom stereocenters. The van der Waals surface area contributed by atoms with E-state index in [0.29, 0.717) is 0 Å². The predicted octanol–water partition coefficient (Wildman–Crippen LogP) is -0.0438. The van der Waals surface area contributed by atoms with E-state index in [0.717, 1.165) is 12.1 Å². The Morgan fingerprint density at radius 3 is 1.12 bits per heavy atom. The fourth-order valence-corrected chi connectivity index (χ4v) is 0.236. The Labute approximate surface area is 50.7 Å². The molecule has 0 aliphatic carbocycles.